The molecular formula is C25H44N4O4. The number of carbonyl (C=O) groups is 3. The van der Waals surface area contributed by atoms with Crippen LogP contribution in [-0.2, 0) is 25.7 Å². The van der Waals surface area contributed by atoms with Gasteiger partial charge in [0.2, 0.25) is 11.8 Å². The van der Waals surface area contributed by atoms with Gasteiger partial charge in [0, 0.05) is 11.7 Å². The van der Waals surface area contributed by atoms with Crippen molar-refractivity contribution >= 4 is 23.5 Å². The monoisotopic (exact) mass is 464 g/mol. The highest BCUT2D eigenvalue weighted by molar-refractivity contribution is 5.95. The molecule has 33 heavy (non-hydrogen) atoms. The zero-order valence-corrected chi connectivity index (χ0v) is 21.4. The van der Waals surface area contributed by atoms with E-state index in [9.17, 15) is 14.4 Å². The maximum absolute atomic E-state index is 12.3. The molecule has 2 amide bonds. The highest BCUT2D eigenvalue weighted by Crippen LogP contribution is 2.11. The molecule has 0 fully saturated rings. The zero-order chi connectivity index (χ0) is 25.4. The maximum atomic E-state index is 12.3. The van der Waals surface area contributed by atoms with Crippen LogP contribution in [-0.4, -0.2) is 43.0 Å². The minimum Gasteiger partial charge on any atom is -0.461 e. The summed E-state index contributed by atoms with van der Waals surface area (Å²) in [4.78, 5) is 35.9. The van der Waals surface area contributed by atoms with Crippen molar-refractivity contribution < 1.29 is 19.1 Å². The molecule has 0 aliphatic heterocycles. The van der Waals surface area contributed by atoms with Crippen molar-refractivity contribution in [1.82, 2.24) is 10.6 Å². The number of nitrogens with one attached hydrogen (secondary N) is 3. The van der Waals surface area contributed by atoms with Gasteiger partial charge in [0.15, 0.2) is 0 Å². The van der Waals surface area contributed by atoms with Gasteiger partial charge in [-0.15, -0.1) is 0 Å². The molecule has 1 aromatic carbocycles. The van der Waals surface area contributed by atoms with E-state index < -0.39 is 0 Å². The normalized spacial score (nSPS) is 11.6. The van der Waals surface area contributed by atoms with Gasteiger partial charge in [-0.3, -0.25) is 14.4 Å². The number of carbonyl (C=O) groups excluding carboxylic acids is 3. The van der Waals surface area contributed by atoms with Gasteiger partial charge in [-0.1, -0.05) is 67.0 Å². The molecule has 0 saturated carbocycles. The third-order valence-electron chi connectivity index (χ3n) is 4.53. The summed E-state index contributed by atoms with van der Waals surface area (Å²) in [5.41, 5.74) is 6.58. The fourth-order valence-corrected chi connectivity index (χ4v) is 2.62. The van der Waals surface area contributed by atoms with Crippen molar-refractivity contribution in [3.8, 4) is 0 Å². The summed E-state index contributed by atoms with van der Waals surface area (Å²) >= 11 is 0. The van der Waals surface area contributed by atoms with Gasteiger partial charge < -0.3 is 26.4 Å². The van der Waals surface area contributed by atoms with E-state index in [4.69, 9.17) is 10.5 Å². The van der Waals surface area contributed by atoms with E-state index in [1.807, 2.05) is 27.7 Å². The Bertz CT molecular complexity index is 701. The summed E-state index contributed by atoms with van der Waals surface area (Å²) in [5.74, 6) is -0.803. The van der Waals surface area contributed by atoms with Gasteiger partial charge in [-0.25, -0.2) is 0 Å². The Morgan fingerprint density at radius 1 is 1.00 bits per heavy atom. The number of rotatable bonds is 12. The summed E-state index contributed by atoms with van der Waals surface area (Å²) in [5, 5.41) is 8.61. The van der Waals surface area contributed by atoms with Crippen LogP contribution in [0.2, 0.25) is 0 Å². The number of benzene rings is 1. The predicted octanol–water partition coefficient (Wildman–Crippen LogP) is 3.21. The highest BCUT2D eigenvalue weighted by Gasteiger charge is 2.22. The molecule has 0 aliphatic carbocycles. The van der Waals surface area contributed by atoms with Crippen LogP contribution in [0.5, 0.6) is 0 Å². The Balaban J connectivity index is 0.00000184. The molecule has 188 valence electrons. The van der Waals surface area contributed by atoms with Gasteiger partial charge in [-0.2, -0.15) is 0 Å². The van der Waals surface area contributed by atoms with Crippen LogP contribution in [0.3, 0.4) is 0 Å². The second-order valence-electron chi connectivity index (χ2n) is 8.91. The zero-order valence-electron chi connectivity index (χ0n) is 21.4. The van der Waals surface area contributed by atoms with Crippen molar-refractivity contribution in [2.24, 2.45) is 17.6 Å². The molecule has 0 spiro atoms. The molecule has 5 N–H and O–H groups in total. The fourth-order valence-electron chi connectivity index (χ4n) is 2.62. The minimum absolute atomic E-state index is 0.102. The standard InChI is InChI=1S/C21H33N3O4.C4H11N/c1-13(2)19(23-15(5)6)20(26)22-11-18(25)24-17-9-7-16(8-10-17)12-28-21(27)14(3)4;1-2-3-4-5/h7-10,13-15,19,23H,11-12H2,1-6H3,(H,22,26)(H,24,25);2-5H2,1H3. The van der Waals surface area contributed by atoms with E-state index in [2.05, 4.69) is 22.9 Å². The van der Waals surface area contributed by atoms with Crippen molar-refractivity contribution in [2.45, 2.75) is 80.0 Å². The Kier molecular flexibility index (Phi) is 15.8. The number of ether oxygens (including phenoxy) is 1. The molecule has 0 bridgehead atoms. The molecule has 0 saturated heterocycles. The maximum Gasteiger partial charge on any atom is 0.308 e. The quantitative estimate of drug-likeness (QED) is 0.352. The van der Waals surface area contributed by atoms with Crippen molar-refractivity contribution in [3.05, 3.63) is 29.8 Å². The summed E-state index contributed by atoms with van der Waals surface area (Å²) in [6, 6.07) is 6.85. The number of hydrogen-bond donors (Lipinski definition) is 4. The van der Waals surface area contributed by atoms with Crippen LogP contribution < -0.4 is 21.7 Å². The lowest BCUT2D eigenvalue weighted by Crippen LogP contribution is -2.51. The Morgan fingerprint density at radius 3 is 2.03 bits per heavy atom. The molecule has 1 rings (SSSR count). The molecular weight excluding hydrogens is 420 g/mol. The first-order chi connectivity index (χ1) is 15.5. The summed E-state index contributed by atoms with van der Waals surface area (Å²) in [6.45, 7) is 14.5. The van der Waals surface area contributed by atoms with E-state index in [0.717, 1.165) is 12.1 Å². The van der Waals surface area contributed by atoms with E-state index in [1.165, 1.54) is 12.8 Å². The topological polar surface area (TPSA) is 123 Å². The first kappa shape index (κ1) is 30.6. The summed E-state index contributed by atoms with van der Waals surface area (Å²) in [7, 11) is 0. The first-order valence-electron chi connectivity index (χ1n) is 11.8. The average Bonchev–Trinajstić information content (AvgIpc) is 2.75. The fraction of sp³-hybridized carbons (Fsp3) is 0.640. The second kappa shape index (κ2) is 17.1. The summed E-state index contributed by atoms with van der Waals surface area (Å²) in [6.07, 6.45) is 2.39. The van der Waals surface area contributed by atoms with Crippen molar-refractivity contribution in [1.29, 1.82) is 0 Å². The van der Waals surface area contributed by atoms with Gasteiger partial charge >= 0.3 is 5.97 Å². The highest BCUT2D eigenvalue weighted by atomic mass is 16.5. The van der Waals surface area contributed by atoms with Crippen LogP contribution in [0.4, 0.5) is 5.69 Å². The molecule has 0 aromatic heterocycles. The van der Waals surface area contributed by atoms with E-state index in [1.54, 1.807) is 38.1 Å². The molecule has 1 atom stereocenters. The number of unbranched alkanes of at least 4 members (excludes halogenated alkanes) is 1. The Hall–Kier alpha value is -2.45. The Labute approximate surface area is 199 Å². The van der Waals surface area contributed by atoms with Crippen LogP contribution in [0.15, 0.2) is 24.3 Å². The minimum atomic E-state index is -0.347. The van der Waals surface area contributed by atoms with Gasteiger partial charge in [-0.05, 0) is 36.6 Å². The van der Waals surface area contributed by atoms with Crippen LogP contribution in [0.1, 0.15) is 66.9 Å². The van der Waals surface area contributed by atoms with Crippen LogP contribution in [0.25, 0.3) is 0 Å². The molecule has 1 unspecified atom stereocenters. The van der Waals surface area contributed by atoms with E-state index in [-0.39, 0.29) is 54.9 Å². The van der Waals surface area contributed by atoms with Crippen molar-refractivity contribution in [3.63, 3.8) is 0 Å². The number of esters is 1. The van der Waals surface area contributed by atoms with Gasteiger partial charge in [0.1, 0.15) is 6.61 Å². The number of anilines is 1. The van der Waals surface area contributed by atoms with Gasteiger partial charge in [0.25, 0.3) is 0 Å². The second-order valence-corrected chi connectivity index (χ2v) is 8.91. The predicted molar refractivity (Wildman–Crippen MR) is 134 cm³/mol. The molecule has 0 aliphatic rings. The van der Waals surface area contributed by atoms with Gasteiger partial charge in [0.05, 0.1) is 18.5 Å². The molecule has 8 heteroatoms. The lowest BCUT2D eigenvalue weighted by molar-refractivity contribution is -0.148. The average molecular weight is 465 g/mol. The molecule has 8 nitrogen and oxygen atoms in total. The molecule has 0 radical (unpaired) electrons. The lowest BCUT2D eigenvalue weighted by Gasteiger charge is -2.23. The third-order valence-corrected chi connectivity index (χ3v) is 4.53. The first-order valence-corrected chi connectivity index (χ1v) is 11.8. The number of nitrogens with two attached hydrogens (primary N) is 1. The van der Waals surface area contributed by atoms with E-state index >= 15 is 0 Å². The number of amides is 2. The van der Waals surface area contributed by atoms with Crippen LogP contribution in [0, 0.1) is 11.8 Å². The lowest BCUT2D eigenvalue weighted by atomic mass is 10.0. The number of hydrogen-bond acceptors (Lipinski definition) is 6. The Morgan fingerprint density at radius 2 is 1.61 bits per heavy atom. The largest absolute Gasteiger partial charge is 0.461 e. The molecule has 0 heterocycles. The van der Waals surface area contributed by atoms with Crippen molar-refractivity contribution in [2.75, 3.05) is 18.4 Å². The smallest absolute Gasteiger partial charge is 0.308 e. The summed E-state index contributed by atoms with van der Waals surface area (Å²) < 4.78 is 5.16. The van der Waals surface area contributed by atoms with Crippen LogP contribution >= 0.6 is 0 Å². The SMILES string of the molecule is CC(C)NC(C(=O)NCC(=O)Nc1ccc(COC(=O)C(C)C)cc1)C(C)C.CCCCN. The third kappa shape index (κ3) is 14.3. The van der Waals surface area contributed by atoms with E-state index in [0.29, 0.717) is 5.69 Å². The molecule has 1 aromatic rings.